The van der Waals surface area contributed by atoms with Crippen LogP contribution in [0.1, 0.15) is 28.8 Å². The van der Waals surface area contributed by atoms with E-state index in [4.69, 9.17) is 18.9 Å². The lowest BCUT2D eigenvalue weighted by Crippen LogP contribution is -2.40. The van der Waals surface area contributed by atoms with Crippen LogP contribution in [-0.2, 0) is 16.1 Å². The van der Waals surface area contributed by atoms with Crippen LogP contribution in [0.2, 0.25) is 0 Å². The minimum Gasteiger partial charge on any atom is -0.465 e. The van der Waals surface area contributed by atoms with Crippen LogP contribution in [0, 0.1) is 0 Å². The highest BCUT2D eigenvalue weighted by atomic mass is 16.7. The first-order valence-electron chi connectivity index (χ1n) is 10.6. The first-order valence-corrected chi connectivity index (χ1v) is 10.6. The third-order valence-corrected chi connectivity index (χ3v) is 5.07. The number of ether oxygens (including phenoxy) is 4. The van der Waals surface area contributed by atoms with Crippen LogP contribution in [0.3, 0.4) is 0 Å². The summed E-state index contributed by atoms with van der Waals surface area (Å²) < 4.78 is 23.0. The zero-order valence-electron chi connectivity index (χ0n) is 17.6. The zero-order valence-corrected chi connectivity index (χ0v) is 17.6. The number of esters is 1. The highest BCUT2D eigenvalue weighted by Crippen LogP contribution is 2.25. The summed E-state index contributed by atoms with van der Waals surface area (Å²) >= 11 is 0. The third kappa shape index (κ3) is 6.40. The third-order valence-electron chi connectivity index (χ3n) is 5.07. The Morgan fingerprint density at radius 3 is 2.25 bits per heavy atom. The molecule has 0 bridgehead atoms. The van der Waals surface area contributed by atoms with Gasteiger partial charge in [-0.25, -0.2) is 4.79 Å². The molecule has 1 aliphatic rings. The van der Waals surface area contributed by atoms with Gasteiger partial charge in [0.1, 0.15) is 11.5 Å². The molecular formula is C26H26O6. The number of hydrogen-bond donors (Lipinski definition) is 1. The van der Waals surface area contributed by atoms with E-state index in [9.17, 15) is 9.90 Å². The molecule has 0 saturated carbocycles. The van der Waals surface area contributed by atoms with E-state index in [1.807, 2.05) is 36.4 Å². The van der Waals surface area contributed by atoms with Gasteiger partial charge in [-0.1, -0.05) is 48.5 Å². The van der Waals surface area contributed by atoms with E-state index in [-0.39, 0.29) is 6.10 Å². The van der Waals surface area contributed by atoms with Crippen molar-refractivity contribution in [2.75, 3.05) is 6.61 Å². The van der Waals surface area contributed by atoms with Crippen LogP contribution in [0.5, 0.6) is 11.5 Å². The number of carbonyl (C=O) groups is 1. The molecule has 1 saturated heterocycles. The maximum absolute atomic E-state index is 12.2. The monoisotopic (exact) mass is 434 g/mol. The van der Waals surface area contributed by atoms with Crippen LogP contribution in [0.15, 0.2) is 84.9 Å². The van der Waals surface area contributed by atoms with Crippen molar-refractivity contribution in [3.63, 3.8) is 0 Å². The van der Waals surface area contributed by atoms with Gasteiger partial charge in [-0.05, 0) is 42.0 Å². The molecule has 32 heavy (non-hydrogen) atoms. The van der Waals surface area contributed by atoms with Gasteiger partial charge in [0.25, 0.3) is 0 Å². The average molecular weight is 434 g/mol. The van der Waals surface area contributed by atoms with Crippen LogP contribution in [0.4, 0.5) is 0 Å². The maximum atomic E-state index is 12.2. The molecule has 0 amide bonds. The van der Waals surface area contributed by atoms with E-state index in [0.717, 1.165) is 5.56 Å². The topological polar surface area (TPSA) is 74.2 Å². The van der Waals surface area contributed by atoms with E-state index in [1.165, 1.54) is 0 Å². The Morgan fingerprint density at radius 1 is 0.875 bits per heavy atom. The van der Waals surface area contributed by atoms with Crippen molar-refractivity contribution in [3.8, 4) is 11.5 Å². The van der Waals surface area contributed by atoms with Crippen molar-refractivity contribution >= 4 is 5.97 Å². The molecule has 3 unspecified atom stereocenters. The van der Waals surface area contributed by atoms with Gasteiger partial charge in [0.05, 0.1) is 31.0 Å². The molecule has 3 aromatic carbocycles. The Balaban J connectivity index is 1.26. The molecule has 3 aromatic rings. The van der Waals surface area contributed by atoms with Gasteiger partial charge in [0.15, 0.2) is 0 Å². The molecule has 0 aliphatic carbocycles. The Hall–Kier alpha value is -3.19. The highest BCUT2D eigenvalue weighted by molar-refractivity contribution is 5.90. The Bertz CT molecular complexity index is 974. The molecular weight excluding hydrogens is 408 g/mol. The molecule has 0 spiro atoms. The Labute approximate surface area is 187 Å². The molecule has 3 atom stereocenters. The molecule has 4 rings (SSSR count). The molecule has 6 heteroatoms. The largest absolute Gasteiger partial charge is 0.465 e. The lowest BCUT2D eigenvalue weighted by molar-refractivity contribution is -0.190. The van der Waals surface area contributed by atoms with Gasteiger partial charge in [0.2, 0.25) is 6.29 Å². The number of aliphatic hydroxyl groups excluding tert-OH is 1. The van der Waals surface area contributed by atoms with Crippen molar-refractivity contribution < 1.29 is 28.8 Å². The molecule has 0 aromatic heterocycles. The van der Waals surface area contributed by atoms with Gasteiger partial charge in [-0.3, -0.25) is 0 Å². The van der Waals surface area contributed by atoms with E-state index in [2.05, 4.69) is 0 Å². The predicted octanol–water partition coefficient (Wildman–Crippen LogP) is 4.37. The Kier molecular flexibility index (Phi) is 7.51. The number of aliphatic hydroxyl groups is 1. The van der Waals surface area contributed by atoms with E-state index in [0.29, 0.717) is 43.1 Å². The lowest BCUT2D eigenvalue weighted by Gasteiger charge is -2.33. The van der Waals surface area contributed by atoms with Gasteiger partial charge >= 0.3 is 5.97 Å². The number of benzene rings is 3. The van der Waals surface area contributed by atoms with E-state index in [1.54, 1.807) is 48.5 Å². The van der Waals surface area contributed by atoms with Gasteiger partial charge in [-0.15, -0.1) is 0 Å². The fourth-order valence-corrected chi connectivity index (χ4v) is 3.49. The lowest BCUT2D eigenvalue weighted by atomic mass is 10.1. The predicted molar refractivity (Wildman–Crippen MR) is 118 cm³/mol. The first-order chi connectivity index (χ1) is 15.7. The molecule has 1 heterocycles. The summed E-state index contributed by atoms with van der Waals surface area (Å²) in [7, 11) is 0. The van der Waals surface area contributed by atoms with Crippen molar-refractivity contribution in [1.29, 1.82) is 0 Å². The standard InChI is InChI=1S/C26H26O6/c27-21-15-24(18-29-17-19-7-3-1-4-8-19)31-25(16-21)30-22-11-13-23(14-12-22)32-26(28)20-9-5-2-6-10-20/h1-14,21,24-25,27H,15-18H2. The summed E-state index contributed by atoms with van der Waals surface area (Å²) in [5, 5.41) is 10.2. The summed E-state index contributed by atoms with van der Waals surface area (Å²) in [6.45, 7) is 0.867. The summed E-state index contributed by atoms with van der Waals surface area (Å²) in [4.78, 5) is 12.2. The fourth-order valence-electron chi connectivity index (χ4n) is 3.49. The van der Waals surface area contributed by atoms with Crippen LogP contribution < -0.4 is 9.47 Å². The second-order valence-electron chi connectivity index (χ2n) is 7.66. The molecule has 1 aliphatic heterocycles. The van der Waals surface area contributed by atoms with Crippen molar-refractivity contribution in [2.24, 2.45) is 0 Å². The zero-order chi connectivity index (χ0) is 22.2. The van der Waals surface area contributed by atoms with Gasteiger partial charge < -0.3 is 24.1 Å². The minimum atomic E-state index is -0.582. The molecule has 0 radical (unpaired) electrons. The summed E-state index contributed by atoms with van der Waals surface area (Å²) in [6.07, 6.45) is -0.478. The number of rotatable bonds is 8. The van der Waals surface area contributed by atoms with Crippen molar-refractivity contribution in [3.05, 3.63) is 96.1 Å². The minimum absolute atomic E-state index is 0.251. The second-order valence-corrected chi connectivity index (χ2v) is 7.66. The normalized spacial score (nSPS) is 20.5. The second kappa shape index (κ2) is 10.9. The van der Waals surface area contributed by atoms with E-state index < -0.39 is 18.4 Å². The highest BCUT2D eigenvalue weighted by Gasteiger charge is 2.30. The first kappa shape index (κ1) is 22.0. The summed E-state index contributed by atoms with van der Waals surface area (Å²) in [5.74, 6) is 0.562. The Morgan fingerprint density at radius 2 is 1.53 bits per heavy atom. The fraction of sp³-hybridized carbons (Fsp3) is 0.269. The SMILES string of the molecule is O=C(Oc1ccc(OC2CC(O)CC(COCc3ccccc3)O2)cc1)c1ccccc1. The number of hydrogen-bond acceptors (Lipinski definition) is 6. The summed E-state index contributed by atoms with van der Waals surface area (Å²) in [6, 6.07) is 25.5. The number of carbonyl (C=O) groups excluding carboxylic acids is 1. The molecule has 166 valence electrons. The van der Waals surface area contributed by atoms with Crippen molar-refractivity contribution in [1.82, 2.24) is 0 Å². The van der Waals surface area contributed by atoms with E-state index >= 15 is 0 Å². The maximum Gasteiger partial charge on any atom is 0.343 e. The quantitative estimate of drug-likeness (QED) is 0.419. The van der Waals surface area contributed by atoms with Crippen LogP contribution >= 0.6 is 0 Å². The van der Waals surface area contributed by atoms with Gasteiger partial charge in [0, 0.05) is 12.8 Å². The summed E-state index contributed by atoms with van der Waals surface area (Å²) in [5.41, 5.74) is 1.57. The average Bonchev–Trinajstić information content (AvgIpc) is 2.81. The smallest absolute Gasteiger partial charge is 0.343 e. The van der Waals surface area contributed by atoms with Crippen molar-refractivity contribution in [2.45, 2.75) is 37.9 Å². The van der Waals surface area contributed by atoms with Crippen LogP contribution in [0.25, 0.3) is 0 Å². The van der Waals surface area contributed by atoms with Gasteiger partial charge in [-0.2, -0.15) is 0 Å². The van der Waals surface area contributed by atoms with Crippen LogP contribution in [-0.4, -0.2) is 36.2 Å². The molecule has 1 fully saturated rings. The molecule has 1 N–H and O–H groups in total. The molecule has 6 nitrogen and oxygen atoms in total.